The number of hydrogen-bond donors (Lipinski definition) is 1. The van der Waals surface area contributed by atoms with Gasteiger partial charge < -0.3 is 5.32 Å². The highest BCUT2D eigenvalue weighted by molar-refractivity contribution is 6.42. The molecule has 4 aliphatic rings. The monoisotopic (exact) mass is 565 g/mol. The van der Waals surface area contributed by atoms with Crippen LogP contribution in [0.3, 0.4) is 0 Å². The van der Waals surface area contributed by atoms with E-state index in [0.717, 1.165) is 29.9 Å². The van der Waals surface area contributed by atoms with Crippen LogP contribution in [-0.4, -0.2) is 13.1 Å². The van der Waals surface area contributed by atoms with Crippen LogP contribution in [0.4, 0.5) is 0 Å². The van der Waals surface area contributed by atoms with Gasteiger partial charge in [-0.1, -0.05) is 97.1 Å². The van der Waals surface area contributed by atoms with E-state index >= 15 is 0 Å². The normalized spacial score (nSPS) is 25.2. The second-order valence-electron chi connectivity index (χ2n) is 11.7. The molecule has 1 N–H and O–H groups in total. The number of halogens is 4. The minimum atomic E-state index is 0.345. The molecule has 2 aromatic rings. The molecular formula is C31H39Cl4N. The van der Waals surface area contributed by atoms with Crippen molar-refractivity contribution in [1.82, 2.24) is 5.32 Å². The van der Waals surface area contributed by atoms with Crippen LogP contribution < -0.4 is 5.32 Å². The standard InChI is InChI=1S/C16H20Cl2.C15H19Cl2N/c17-14-8-7-13(11-15(14)18)16(9-3-4-10-16)12-5-1-2-6-12;16-13-4-3-11(9-14(13)17)15(6-1-2-7-15)12-5-8-18-10-12/h7-8,11-12H,1-6,9-10H2;3-4,9,12,18H,1-2,5-8,10H2. The van der Waals surface area contributed by atoms with Crippen LogP contribution in [0.2, 0.25) is 20.1 Å². The molecule has 1 nitrogen and oxygen atoms in total. The molecule has 4 fully saturated rings. The van der Waals surface area contributed by atoms with Crippen LogP contribution in [0.1, 0.15) is 94.6 Å². The Kier molecular flexibility index (Phi) is 8.86. The molecule has 5 heteroatoms. The van der Waals surface area contributed by atoms with Crippen molar-refractivity contribution in [1.29, 1.82) is 0 Å². The minimum absolute atomic E-state index is 0.345. The third-order valence-electron chi connectivity index (χ3n) is 9.96. The maximum Gasteiger partial charge on any atom is 0.0595 e. The molecule has 0 spiro atoms. The zero-order chi connectivity index (χ0) is 25.2. The third-order valence-corrected chi connectivity index (χ3v) is 11.4. The quantitative estimate of drug-likeness (QED) is 0.388. The Bertz CT molecular complexity index is 943. The second-order valence-corrected chi connectivity index (χ2v) is 13.3. The van der Waals surface area contributed by atoms with Crippen LogP contribution >= 0.6 is 46.4 Å². The van der Waals surface area contributed by atoms with Crippen LogP contribution in [0.5, 0.6) is 0 Å². The van der Waals surface area contributed by atoms with Gasteiger partial charge in [-0.25, -0.2) is 0 Å². The Labute approximate surface area is 237 Å². The van der Waals surface area contributed by atoms with Crippen molar-refractivity contribution in [2.45, 2.75) is 94.3 Å². The first-order valence-electron chi connectivity index (χ1n) is 14.1. The van der Waals surface area contributed by atoms with Crippen molar-refractivity contribution < 1.29 is 0 Å². The number of nitrogens with one attached hydrogen (secondary N) is 1. The maximum atomic E-state index is 6.23. The fraction of sp³-hybridized carbons (Fsp3) is 0.613. The lowest BCUT2D eigenvalue weighted by molar-refractivity contribution is 0.276. The number of hydrogen-bond acceptors (Lipinski definition) is 1. The van der Waals surface area contributed by atoms with E-state index in [1.54, 1.807) is 0 Å². The van der Waals surface area contributed by atoms with Crippen molar-refractivity contribution in [3.05, 3.63) is 67.6 Å². The number of rotatable bonds is 4. The smallest absolute Gasteiger partial charge is 0.0595 e. The Hall–Kier alpha value is -0.440. The summed E-state index contributed by atoms with van der Waals surface area (Å²) in [5, 5.41) is 6.28. The highest BCUT2D eigenvalue weighted by Crippen LogP contribution is 2.53. The summed E-state index contributed by atoms with van der Waals surface area (Å²) in [6, 6.07) is 12.6. The molecule has 1 aliphatic heterocycles. The molecule has 3 aliphatic carbocycles. The van der Waals surface area contributed by atoms with Crippen LogP contribution in [0, 0.1) is 11.8 Å². The molecule has 1 saturated heterocycles. The molecule has 0 radical (unpaired) electrons. The first-order chi connectivity index (χ1) is 17.4. The third kappa shape index (κ3) is 5.35. The van der Waals surface area contributed by atoms with Gasteiger partial charge in [-0.3, -0.25) is 0 Å². The van der Waals surface area contributed by atoms with Crippen LogP contribution in [0.25, 0.3) is 0 Å². The van der Waals surface area contributed by atoms with Gasteiger partial charge in [0.2, 0.25) is 0 Å². The lowest BCUT2D eigenvalue weighted by Crippen LogP contribution is -2.33. The van der Waals surface area contributed by atoms with Crippen LogP contribution in [0.15, 0.2) is 36.4 Å². The first kappa shape index (κ1) is 27.1. The van der Waals surface area contributed by atoms with Crippen molar-refractivity contribution >= 4 is 46.4 Å². The van der Waals surface area contributed by atoms with Gasteiger partial charge in [0.15, 0.2) is 0 Å². The molecule has 0 bridgehead atoms. The van der Waals surface area contributed by atoms with Crippen molar-refractivity contribution in [3.8, 4) is 0 Å². The van der Waals surface area contributed by atoms with Crippen LogP contribution in [-0.2, 0) is 10.8 Å². The summed E-state index contributed by atoms with van der Waals surface area (Å²) in [5.74, 6) is 1.63. The second kappa shape index (κ2) is 11.7. The van der Waals surface area contributed by atoms with E-state index in [1.807, 2.05) is 12.1 Å². The Morgan fingerprint density at radius 3 is 1.44 bits per heavy atom. The number of benzene rings is 2. The van der Waals surface area contributed by atoms with Crippen molar-refractivity contribution in [3.63, 3.8) is 0 Å². The molecule has 0 amide bonds. The minimum Gasteiger partial charge on any atom is -0.316 e. The fourth-order valence-electron chi connectivity index (χ4n) is 8.09. The van der Waals surface area contributed by atoms with Gasteiger partial charge in [0.05, 0.1) is 20.1 Å². The molecule has 1 unspecified atom stereocenters. The zero-order valence-electron chi connectivity index (χ0n) is 21.2. The predicted molar refractivity (Wildman–Crippen MR) is 156 cm³/mol. The summed E-state index contributed by atoms with van der Waals surface area (Å²) in [7, 11) is 0. The lowest BCUT2D eigenvalue weighted by atomic mass is 9.68. The van der Waals surface area contributed by atoms with Gasteiger partial charge in [0, 0.05) is 0 Å². The van der Waals surface area contributed by atoms with Crippen molar-refractivity contribution in [2.75, 3.05) is 13.1 Å². The van der Waals surface area contributed by atoms with Gasteiger partial charge in [-0.15, -0.1) is 0 Å². The average molecular weight is 567 g/mol. The molecule has 2 aromatic carbocycles. The predicted octanol–water partition coefficient (Wildman–Crippen LogP) is 10.4. The van der Waals surface area contributed by atoms with E-state index in [9.17, 15) is 0 Å². The molecule has 6 rings (SSSR count). The molecule has 1 heterocycles. The van der Waals surface area contributed by atoms with Gasteiger partial charge in [0.1, 0.15) is 0 Å². The fourth-order valence-corrected chi connectivity index (χ4v) is 8.69. The van der Waals surface area contributed by atoms with Gasteiger partial charge in [-0.05, 0) is 116 Å². The average Bonchev–Trinajstić information content (AvgIpc) is 3.70. The van der Waals surface area contributed by atoms with Gasteiger partial charge in [-0.2, -0.15) is 0 Å². The lowest BCUT2D eigenvalue weighted by Gasteiger charge is -2.36. The van der Waals surface area contributed by atoms with Gasteiger partial charge in [0.25, 0.3) is 0 Å². The molecular weight excluding hydrogens is 528 g/mol. The van der Waals surface area contributed by atoms with E-state index < -0.39 is 0 Å². The Balaban J connectivity index is 0.000000148. The topological polar surface area (TPSA) is 12.0 Å². The van der Waals surface area contributed by atoms with E-state index in [-0.39, 0.29) is 0 Å². The molecule has 196 valence electrons. The van der Waals surface area contributed by atoms with E-state index in [0.29, 0.717) is 25.9 Å². The summed E-state index contributed by atoms with van der Waals surface area (Å²) in [5.41, 5.74) is 3.60. The summed E-state index contributed by atoms with van der Waals surface area (Å²) in [4.78, 5) is 0. The van der Waals surface area contributed by atoms with Crippen molar-refractivity contribution in [2.24, 2.45) is 11.8 Å². The summed E-state index contributed by atoms with van der Waals surface area (Å²) in [6.07, 6.45) is 17.6. The molecule has 0 aromatic heterocycles. The van der Waals surface area contributed by atoms with Gasteiger partial charge >= 0.3 is 0 Å². The largest absolute Gasteiger partial charge is 0.316 e. The highest BCUT2D eigenvalue weighted by Gasteiger charge is 2.44. The molecule has 1 atom stereocenters. The maximum absolute atomic E-state index is 6.23. The molecule has 3 saturated carbocycles. The van der Waals surface area contributed by atoms with E-state index in [4.69, 9.17) is 46.4 Å². The SMILES string of the molecule is Clc1ccc(C2(C3CCCC3)CCCC2)cc1Cl.Clc1ccc(C2(C3CCNC3)CCCC2)cc1Cl. The first-order valence-corrected chi connectivity index (χ1v) is 15.6. The Morgan fingerprint density at radius 1 is 0.556 bits per heavy atom. The van der Waals surface area contributed by atoms with E-state index in [2.05, 4.69) is 29.6 Å². The van der Waals surface area contributed by atoms with E-state index in [1.165, 1.54) is 94.6 Å². The zero-order valence-corrected chi connectivity index (χ0v) is 24.3. The summed E-state index contributed by atoms with van der Waals surface area (Å²) < 4.78 is 0. The highest BCUT2D eigenvalue weighted by atomic mass is 35.5. The molecule has 36 heavy (non-hydrogen) atoms. The Morgan fingerprint density at radius 2 is 1.03 bits per heavy atom. The summed E-state index contributed by atoms with van der Waals surface area (Å²) >= 11 is 24.6. The summed E-state index contributed by atoms with van der Waals surface area (Å²) in [6.45, 7) is 2.31.